The van der Waals surface area contributed by atoms with E-state index in [2.05, 4.69) is 9.88 Å². The maximum atomic E-state index is 13.3. The maximum Gasteiger partial charge on any atom is 0.255 e. The van der Waals surface area contributed by atoms with Gasteiger partial charge in [0.25, 0.3) is 5.56 Å². The van der Waals surface area contributed by atoms with Gasteiger partial charge in [-0.1, -0.05) is 18.2 Å². The number of anilines is 1. The summed E-state index contributed by atoms with van der Waals surface area (Å²) in [6, 6.07) is 11.1. The molecule has 0 radical (unpaired) electrons. The quantitative estimate of drug-likeness (QED) is 0.624. The van der Waals surface area contributed by atoms with E-state index in [4.69, 9.17) is 4.98 Å². The highest BCUT2D eigenvalue weighted by Crippen LogP contribution is 2.27. The Morgan fingerprint density at radius 2 is 1.90 bits per heavy atom. The van der Waals surface area contributed by atoms with Crippen LogP contribution in [-0.2, 0) is 7.05 Å². The summed E-state index contributed by atoms with van der Waals surface area (Å²) in [5.41, 5.74) is 4.33. The molecular formula is C24H26N4O2. The maximum absolute atomic E-state index is 13.3. The number of pyridine rings is 1. The first kappa shape index (κ1) is 20.0. The van der Waals surface area contributed by atoms with Crippen LogP contribution in [0.25, 0.3) is 11.3 Å². The molecule has 1 unspecified atom stereocenters. The van der Waals surface area contributed by atoms with Crippen LogP contribution in [0.15, 0.2) is 53.6 Å². The molecule has 4 rings (SSSR count). The van der Waals surface area contributed by atoms with Crippen LogP contribution in [0.2, 0.25) is 0 Å². The number of carbonyl (C=O) groups excluding carboxylic acids is 1. The molecule has 0 bridgehead atoms. The van der Waals surface area contributed by atoms with E-state index in [-0.39, 0.29) is 17.3 Å². The van der Waals surface area contributed by atoms with Gasteiger partial charge in [-0.15, -0.1) is 0 Å². The Morgan fingerprint density at radius 1 is 1.13 bits per heavy atom. The van der Waals surface area contributed by atoms with Crippen molar-refractivity contribution in [3.63, 3.8) is 0 Å². The van der Waals surface area contributed by atoms with Crippen LogP contribution in [0.5, 0.6) is 0 Å². The second-order valence-corrected chi connectivity index (χ2v) is 7.97. The number of aryl methyl sites for hydroxylation is 1. The molecule has 3 heterocycles. The van der Waals surface area contributed by atoms with Gasteiger partial charge in [0.15, 0.2) is 5.78 Å². The zero-order valence-electron chi connectivity index (χ0n) is 17.6. The molecule has 0 spiro atoms. The number of benzene rings is 1. The third-order valence-corrected chi connectivity index (χ3v) is 6.03. The minimum atomic E-state index is -0.116. The fraction of sp³-hybridized carbons (Fsp3) is 0.333. The molecule has 1 aromatic carbocycles. The van der Waals surface area contributed by atoms with Crippen molar-refractivity contribution in [2.75, 3.05) is 18.0 Å². The van der Waals surface area contributed by atoms with E-state index in [0.717, 1.165) is 41.6 Å². The lowest BCUT2D eigenvalue weighted by atomic mass is 9.87. The fourth-order valence-electron chi connectivity index (χ4n) is 4.09. The van der Waals surface area contributed by atoms with Gasteiger partial charge in [-0.2, -0.15) is 0 Å². The number of Topliss-reactive ketones (excluding diaryl/α,β-unsaturated/α-hetero) is 1. The molecule has 0 amide bonds. The molecule has 3 aromatic rings. The predicted molar refractivity (Wildman–Crippen MR) is 118 cm³/mol. The summed E-state index contributed by atoms with van der Waals surface area (Å²) in [4.78, 5) is 36.8. The number of carbonyl (C=O) groups is 1. The van der Waals surface area contributed by atoms with Gasteiger partial charge < -0.3 is 4.90 Å². The highest BCUT2D eigenvalue weighted by molar-refractivity contribution is 5.99. The summed E-state index contributed by atoms with van der Waals surface area (Å²) in [7, 11) is 1.73. The summed E-state index contributed by atoms with van der Waals surface area (Å²) < 4.78 is 1.56. The number of piperidine rings is 1. The van der Waals surface area contributed by atoms with Crippen molar-refractivity contribution in [2.45, 2.75) is 26.7 Å². The average molecular weight is 402 g/mol. The van der Waals surface area contributed by atoms with Crippen molar-refractivity contribution >= 4 is 11.7 Å². The Balaban J connectivity index is 1.65. The van der Waals surface area contributed by atoms with Gasteiger partial charge in [0.05, 0.1) is 5.69 Å². The second kappa shape index (κ2) is 8.22. The van der Waals surface area contributed by atoms with Crippen LogP contribution in [-0.4, -0.2) is 33.4 Å². The molecular weight excluding hydrogens is 376 g/mol. The molecule has 0 aliphatic carbocycles. The van der Waals surface area contributed by atoms with Crippen LogP contribution >= 0.6 is 0 Å². The molecule has 1 fully saturated rings. The molecule has 0 N–H and O–H groups in total. The molecule has 0 saturated carbocycles. The first-order valence-electron chi connectivity index (χ1n) is 10.3. The largest absolute Gasteiger partial charge is 0.341 e. The SMILES string of the molecule is Cc1cccc(C(=O)C2CCCN(c3nc(-c4ccncc4)cc(=O)n3C)C2)c1C. The molecule has 154 valence electrons. The van der Waals surface area contributed by atoms with Gasteiger partial charge in [0, 0.05) is 55.6 Å². The third kappa shape index (κ3) is 3.77. The summed E-state index contributed by atoms with van der Waals surface area (Å²) in [5, 5.41) is 0. The summed E-state index contributed by atoms with van der Waals surface area (Å²) in [6.07, 6.45) is 5.11. The normalized spacial score (nSPS) is 16.5. The fourth-order valence-corrected chi connectivity index (χ4v) is 4.09. The molecule has 6 heteroatoms. The van der Waals surface area contributed by atoms with E-state index in [0.29, 0.717) is 18.2 Å². The Morgan fingerprint density at radius 3 is 2.67 bits per heavy atom. The summed E-state index contributed by atoms with van der Waals surface area (Å²) in [6.45, 7) is 5.37. The summed E-state index contributed by atoms with van der Waals surface area (Å²) in [5.74, 6) is 0.671. The van der Waals surface area contributed by atoms with Crippen molar-refractivity contribution < 1.29 is 4.79 Å². The van der Waals surface area contributed by atoms with E-state index in [9.17, 15) is 9.59 Å². The lowest BCUT2D eigenvalue weighted by Gasteiger charge is -2.34. The minimum Gasteiger partial charge on any atom is -0.341 e. The number of rotatable bonds is 4. The van der Waals surface area contributed by atoms with Gasteiger partial charge >= 0.3 is 0 Å². The monoisotopic (exact) mass is 402 g/mol. The summed E-state index contributed by atoms with van der Waals surface area (Å²) >= 11 is 0. The molecule has 6 nitrogen and oxygen atoms in total. The van der Waals surface area contributed by atoms with Crippen LogP contribution < -0.4 is 10.5 Å². The number of nitrogens with zero attached hydrogens (tertiary/aromatic N) is 4. The average Bonchev–Trinajstić information content (AvgIpc) is 2.77. The van der Waals surface area contributed by atoms with E-state index in [1.165, 1.54) is 0 Å². The van der Waals surface area contributed by atoms with Gasteiger partial charge in [0.1, 0.15) is 0 Å². The highest BCUT2D eigenvalue weighted by atomic mass is 16.1. The molecule has 1 aliphatic heterocycles. The van der Waals surface area contributed by atoms with Crippen molar-refractivity contribution in [2.24, 2.45) is 13.0 Å². The van der Waals surface area contributed by atoms with Gasteiger partial charge in [-0.3, -0.25) is 19.1 Å². The topological polar surface area (TPSA) is 68.1 Å². The molecule has 30 heavy (non-hydrogen) atoms. The zero-order valence-corrected chi connectivity index (χ0v) is 17.6. The number of aromatic nitrogens is 3. The van der Waals surface area contributed by atoms with Crippen LogP contribution in [0, 0.1) is 19.8 Å². The Bertz CT molecular complexity index is 1140. The number of hydrogen-bond donors (Lipinski definition) is 0. The Kier molecular flexibility index (Phi) is 5.48. The zero-order chi connectivity index (χ0) is 21.3. The van der Waals surface area contributed by atoms with Crippen LogP contribution in [0.4, 0.5) is 5.95 Å². The van der Waals surface area contributed by atoms with E-state index in [1.54, 1.807) is 30.1 Å². The standard InChI is InChI=1S/C24H26N4O2/c1-16-6-4-8-20(17(16)2)23(30)19-7-5-13-28(15-19)24-26-21(14-22(29)27(24)3)18-9-11-25-12-10-18/h4,6,8-12,14,19H,5,7,13,15H2,1-3H3. The van der Waals surface area contributed by atoms with Crippen LogP contribution in [0.3, 0.4) is 0 Å². The van der Waals surface area contributed by atoms with Crippen molar-refractivity contribution in [1.29, 1.82) is 0 Å². The van der Waals surface area contributed by atoms with E-state index >= 15 is 0 Å². The van der Waals surface area contributed by atoms with Gasteiger partial charge in [-0.25, -0.2) is 4.98 Å². The van der Waals surface area contributed by atoms with Crippen LogP contribution in [0.1, 0.15) is 34.3 Å². The number of ketones is 1. The first-order chi connectivity index (χ1) is 14.5. The minimum absolute atomic E-state index is 0.110. The Labute approximate surface area is 176 Å². The second-order valence-electron chi connectivity index (χ2n) is 7.97. The Hall–Kier alpha value is -3.28. The molecule has 1 saturated heterocycles. The van der Waals surface area contributed by atoms with Crippen molar-refractivity contribution in [3.05, 3.63) is 75.8 Å². The lowest BCUT2D eigenvalue weighted by molar-refractivity contribution is 0.0906. The molecule has 1 aliphatic rings. The smallest absolute Gasteiger partial charge is 0.255 e. The lowest BCUT2D eigenvalue weighted by Crippen LogP contribution is -2.42. The molecule has 2 aromatic heterocycles. The third-order valence-electron chi connectivity index (χ3n) is 6.03. The van der Waals surface area contributed by atoms with E-state index in [1.807, 2.05) is 44.2 Å². The highest BCUT2D eigenvalue weighted by Gasteiger charge is 2.29. The van der Waals surface area contributed by atoms with Crippen molar-refractivity contribution in [3.8, 4) is 11.3 Å². The van der Waals surface area contributed by atoms with Crippen molar-refractivity contribution in [1.82, 2.24) is 14.5 Å². The molecule has 1 atom stereocenters. The van der Waals surface area contributed by atoms with E-state index < -0.39 is 0 Å². The predicted octanol–water partition coefficient (Wildman–Crippen LogP) is 3.56. The van der Waals surface area contributed by atoms with Gasteiger partial charge in [-0.05, 0) is 49.9 Å². The first-order valence-corrected chi connectivity index (χ1v) is 10.3. The van der Waals surface area contributed by atoms with Gasteiger partial charge in [0.2, 0.25) is 5.95 Å². The number of hydrogen-bond acceptors (Lipinski definition) is 5.